The van der Waals surface area contributed by atoms with E-state index in [9.17, 15) is 0 Å². The monoisotopic (exact) mass is 224 g/mol. The van der Waals surface area contributed by atoms with Crippen molar-refractivity contribution in [2.24, 2.45) is 10.6 Å². The summed E-state index contributed by atoms with van der Waals surface area (Å²) < 4.78 is 0. The average Bonchev–Trinajstić information content (AvgIpc) is 2.17. The molecule has 2 nitrogen and oxygen atoms in total. The third-order valence-electron chi connectivity index (χ3n) is 2.74. The fourth-order valence-electron chi connectivity index (χ4n) is 2.07. The lowest BCUT2D eigenvalue weighted by Crippen LogP contribution is -2.18. The molecule has 0 spiro atoms. The molecular formula is C12H20N2S. The summed E-state index contributed by atoms with van der Waals surface area (Å²) in [5, 5.41) is 6.60. The van der Waals surface area contributed by atoms with Gasteiger partial charge in [-0.2, -0.15) is 0 Å². The Bertz CT molecular complexity index is 318. The summed E-state index contributed by atoms with van der Waals surface area (Å²) in [6.07, 6.45) is 2.91. The first-order valence-electron chi connectivity index (χ1n) is 5.32. The van der Waals surface area contributed by atoms with Gasteiger partial charge in [-0.25, -0.2) is 4.98 Å². The van der Waals surface area contributed by atoms with Crippen molar-refractivity contribution in [2.45, 2.75) is 45.1 Å². The zero-order valence-electron chi connectivity index (χ0n) is 9.95. The summed E-state index contributed by atoms with van der Waals surface area (Å²) in [4.78, 5) is 4.32. The molecule has 1 heterocycles. The van der Waals surface area contributed by atoms with Gasteiger partial charge >= 0.3 is 0 Å². The number of hydrogen-bond acceptors (Lipinski definition) is 3. The first-order valence-corrected chi connectivity index (χ1v) is 6.20. The van der Waals surface area contributed by atoms with E-state index in [4.69, 9.17) is 5.14 Å². The molecule has 0 amide bonds. The van der Waals surface area contributed by atoms with Gasteiger partial charge in [0.05, 0.1) is 0 Å². The van der Waals surface area contributed by atoms with Gasteiger partial charge in [0.1, 0.15) is 5.03 Å². The first-order chi connectivity index (χ1) is 7.00. The molecule has 15 heavy (non-hydrogen) atoms. The minimum Gasteiger partial charge on any atom is -0.272 e. The molecule has 0 aliphatic carbocycles. The molecular weight excluding hydrogens is 204 g/mol. The highest BCUT2D eigenvalue weighted by molar-refractivity contribution is 7.97. The van der Waals surface area contributed by atoms with E-state index in [1.54, 1.807) is 6.20 Å². The number of nitrogens with two attached hydrogens (primary N) is 1. The zero-order chi connectivity index (χ0) is 11.5. The van der Waals surface area contributed by atoms with Crippen LogP contribution in [0.25, 0.3) is 0 Å². The Balaban J connectivity index is 3.12. The van der Waals surface area contributed by atoms with Crippen molar-refractivity contribution >= 4 is 11.9 Å². The number of nitrogens with zero attached hydrogens (tertiary/aromatic N) is 1. The Labute approximate surface area is 96.8 Å². The van der Waals surface area contributed by atoms with Crippen LogP contribution < -0.4 is 5.14 Å². The topological polar surface area (TPSA) is 38.9 Å². The molecule has 0 aliphatic heterocycles. The van der Waals surface area contributed by atoms with Gasteiger partial charge in [-0.05, 0) is 41.3 Å². The molecule has 0 aliphatic rings. The molecule has 1 aromatic heterocycles. The van der Waals surface area contributed by atoms with Crippen LogP contribution in [0.1, 0.15) is 45.6 Å². The van der Waals surface area contributed by atoms with Crippen molar-refractivity contribution in [3.05, 3.63) is 23.9 Å². The van der Waals surface area contributed by atoms with Crippen molar-refractivity contribution in [1.82, 2.24) is 4.98 Å². The van der Waals surface area contributed by atoms with Gasteiger partial charge in [-0.15, -0.1) is 0 Å². The Kier molecular flexibility index (Phi) is 4.17. The highest BCUT2D eigenvalue weighted by Gasteiger charge is 2.26. The Morgan fingerprint density at radius 2 is 2.13 bits per heavy atom. The van der Waals surface area contributed by atoms with Crippen LogP contribution in [-0.4, -0.2) is 4.98 Å². The third kappa shape index (κ3) is 2.95. The van der Waals surface area contributed by atoms with Crippen LogP contribution in [0.3, 0.4) is 0 Å². The van der Waals surface area contributed by atoms with Crippen molar-refractivity contribution in [3.63, 3.8) is 0 Å². The highest BCUT2D eigenvalue weighted by Crippen LogP contribution is 2.39. The Hall–Kier alpha value is -0.540. The quantitative estimate of drug-likeness (QED) is 0.797. The number of rotatable bonds is 3. The van der Waals surface area contributed by atoms with E-state index in [-0.39, 0.29) is 5.41 Å². The summed E-state index contributed by atoms with van der Waals surface area (Å²) in [6.45, 7) is 9.01. The van der Waals surface area contributed by atoms with Gasteiger partial charge in [0.2, 0.25) is 0 Å². The minimum atomic E-state index is 0.252. The fraction of sp³-hybridized carbons (Fsp3) is 0.583. The second-order valence-corrected chi connectivity index (χ2v) is 5.46. The maximum Gasteiger partial charge on any atom is 0.114 e. The molecule has 0 aromatic carbocycles. The van der Waals surface area contributed by atoms with Crippen LogP contribution in [0.4, 0.5) is 0 Å². The summed E-state index contributed by atoms with van der Waals surface area (Å²) in [6, 6.07) is 4.13. The molecule has 2 N–H and O–H groups in total. The lowest BCUT2D eigenvalue weighted by Gasteiger charge is -2.30. The molecule has 1 atom stereocenters. The predicted molar refractivity (Wildman–Crippen MR) is 66.8 cm³/mol. The van der Waals surface area contributed by atoms with E-state index in [2.05, 4.69) is 38.7 Å². The molecule has 0 saturated heterocycles. The largest absolute Gasteiger partial charge is 0.272 e. The molecule has 1 rings (SSSR count). The summed E-state index contributed by atoms with van der Waals surface area (Å²) in [7, 11) is 0. The van der Waals surface area contributed by atoms with Gasteiger partial charge in [0.15, 0.2) is 0 Å². The molecule has 1 unspecified atom stereocenters. The standard InChI is InChI=1S/C12H20N2S/c1-5-10(12(2,3)4)9-7-6-8-14-11(9)15-13/h6-8,10H,5,13H2,1-4H3. The van der Waals surface area contributed by atoms with Crippen LogP contribution in [0.2, 0.25) is 0 Å². The van der Waals surface area contributed by atoms with E-state index < -0.39 is 0 Å². The van der Waals surface area contributed by atoms with Gasteiger partial charge in [-0.3, -0.25) is 5.14 Å². The second kappa shape index (κ2) is 4.99. The lowest BCUT2D eigenvalue weighted by molar-refractivity contribution is 0.308. The summed E-state index contributed by atoms with van der Waals surface area (Å²) in [5.74, 6) is 0.511. The van der Waals surface area contributed by atoms with Crippen molar-refractivity contribution in [3.8, 4) is 0 Å². The number of hydrogen-bond donors (Lipinski definition) is 1. The fourth-order valence-corrected chi connectivity index (χ4v) is 2.53. The molecule has 0 saturated carbocycles. The predicted octanol–water partition coefficient (Wildman–Crippen LogP) is 3.59. The van der Waals surface area contributed by atoms with E-state index in [1.165, 1.54) is 17.5 Å². The van der Waals surface area contributed by atoms with Crippen LogP contribution in [0.5, 0.6) is 0 Å². The van der Waals surface area contributed by atoms with Gasteiger partial charge < -0.3 is 0 Å². The second-order valence-electron chi connectivity index (χ2n) is 4.84. The third-order valence-corrected chi connectivity index (χ3v) is 3.31. The van der Waals surface area contributed by atoms with Crippen molar-refractivity contribution < 1.29 is 0 Å². The van der Waals surface area contributed by atoms with Crippen molar-refractivity contribution in [2.75, 3.05) is 0 Å². The SMILES string of the molecule is CCC(c1cccnc1SN)C(C)(C)C. The highest BCUT2D eigenvalue weighted by atomic mass is 32.2. The lowest BCUT2D eigenvalue weighted by atomic mass is 9.75. The number of pyridine rings is 1. The maximum absolute atomic E-state index is 5.64. The minimum absolute atomic E-state index is 0.252. The number of aromatic nitrogens is 1. The molecule has 84 valence electrons. The van der Waals surface area contributed by atoms with Crippen LogP contribution in [0, 0.1) is 5.41 Å². The molecule has 0 radical (unpaired) electrons. The van der Waals surface area contributed by atoms with Gasteiger partial charge in [0.25, 0.3) is 0 Å². The molecule has 0 fully saturated rings. The maximum atomic E-state index is 5.64. The van der Waals surface area contributed by atoms with E-state index >= 15 is 0 Å². The van der Waals surface area contributed by atoms with Crippen LogP contribution in [-0.2, 0) is 0 Å². The molecule has 3 heteroatoms. The first kappa shape index (κ1) is 12.5. The van der Waals surface area contributed by atoms with Crippen molar-refractivity contribution in [1.29, 1.82) is 0 Å². The molecule has 1 aromatic rings. The Morgan fingerprint density at radius 3 is 2.60 bits per heavy atom. The van der Waals surface area contributed by atoms with E-state index in [1.807, 2.05) is 6.07 Å². The van der Waals surface area contributed by atoms with Gasteiger partial charge in [-0.1, -0.05) is 33.8 Å². The normalized spacial score (nSPS) is 13.9. The van der Waals surface area contributed by atoms with Crippen LogP contribution >= 0.6 is 11.9 Å². The Morgan fingerprint density at radius 1 is 1.47 bits per heavy atom. The summed E-state index contributed by atoms with van der Waals surface area (Å²) in [5.41, 5.74) is 1.53. The van der Waals surface area contributed by atoms with Gasteiger partial charge in [0, 0.05) is 6.20 Å². The smallest absolute Gasteiger partial charge is 0.114 e. The zero-order valence-corrected chi connectivity index (χ0v) is 10.8. The van der Waals surface area contributed by atoms with E-state index in [0.717, 1.165) is 11.4 Å². The van der Waals surface area contributed by atoms with Crippen LogP contribution in [0.15, 0.2) is 23.4 Å². The average molecular weight is 224 g/mol. The molecule has 0 bridgehead atoms. The van der Waals surface area contributed by atoms with E-state index in [0.29, 0.717) is 5.92 Å². The summed E-state index contributed by atoms with van der Waals surface area (Å²) >= 11 is 1.24.